The highest BCUT2D eigenvalue weighted by atomic mass is 16.5. The second-order valence-electron chi connectivity index (χ2n) is 4.91. The first kappa shape index (κ1) is 11.5. The van der Waals surface area contributed by atoms with Crippen LogP contribution in [-0.2, 0) is 0 Å². The molecule has 1 aliphatic rings. The Morgan fingerprint density at radius 2 is 2.00 bits per heavy atom. The van der Waals surface area contributed by atoms with E-state index in [0.717, 1.165) is 18.2 Å². The predicted molar refractivity (Wildman–Crippen MR) is 67.0 cm³/mol. The van der Waals surface area contributed by atoms with Gasteiger partial charge >= 0.3 is 0 Å². The minimum atomic E-state index is 0.527. The fraction of sp³-hybridized carbons (Fsp3) is 0.571. The Morgan fingerprint density at radius 3 is 2.56 bits per heavy atom. The van der Waals surface area contributed by atoms with Crippen molar-refractivity contribution in [3.8, 4) is 5.75 Å². The number of nitrogens with one attached hydrogen (secondary N) is 1. The smallest absolute Gasteiger partial charge is 0.122 e. The zero-order valence-electron chi connectivity index (χ0n) is 10.6. The van der Waals surface area contributed by atoms with Crippen LogP contribution in [-0.4, -0.2) is 13.7 Å². The molecule has 1 heterocycles. The van der Waals surface area contributed by atoms with E-state index in [1.807, 2.05) is 0 Å². The summed E-state index contributed by atoms with van der Waals surface area (Å²) in [5.41, 5.74) is 4.06. The van der Waals surface area contributed by atoms with Gasteiger partial charge in [-0.3, -0.25) is 0 Å². The zero-order chi connectivity index (χ0) is 11.7. The van der Waals surface area contributed by atoms with Crippen molar-refractivity contribution in [2.75, 3.05) is 13.7 Å². The normalized spacial score (nSPS) is 24.8. The van der Waals surface area contributed by atoms with Gasteiger partial charge in [-0.15, -0.1) is 0 Å². The molecule has 1 saturated heterocycles. The van der Waals surface area contributed by atoms with Gasteiger partial charge in [-0.05, 0) is 55.5 Å². The van der Waals surface area contributed by atoms with Crippen molar-refractivity contribution in [2.45, 2.75) is 33.2 Å². The van der Waals surface area contributed by atoms with Gasteiger partial charge in [-0.1, -0.05) is 13.0 Å². The average Bonchev–Trinajstić information content (AvgIpc) is 2.69. The van der Waals surface area contributed by atoms with Gasteiger partial charge in [0, 0.05) is 6.04 Å². The van der Waals surface area contributed by atoms with Crippen molar-refractivity contribution in [1.29, 1.82) is 0 Å². The summed E-state index contributed by atoms with van der Waals surface area (Å²) in [5.74, 6) is 1.78. The third kappa shape index (κ3) is 1.94. The molecule has 1 aromatic rings. The summed E-state index contributed by atoms with van der Waals surface area (Å²) in [7, 11) is 1.73. The molecule has 2 nitrogen and oxygen atoms in total. The summed E-state index contributed by atoms with van der Waals surface area (Å²) >= 11 is 0. The molecule has 2 atom stereocenters. The molecule has 1 fully saturated rings. The molecule has 0 radical (unpaired) electrons. The molecule has 0 aliphatic carbocycles. The number of methoxy groups -OCH3 is 1. The third-order valence-corrected chi connectivity index (χ3v) is 3.73. The molecule has 0 aromatic heterocycles. The molecule has 0 saturated carbocycles. The molecular weight excluding hydrogens is 198 g/mol. The largest absolute Gasteiger partial charge is 0.496 e. The molecule has 1 aromatic carbocycles. The standard InChI is InChI=1S/C14H21NO/c1-9-7-13(15-8-9)12-5-6-14(16-4)11(3)10(12)2/h5-6,9,13,15H,7-8H2,1-4H3/t9-,13+/m1/s1. The van der Waals surface area contributed by atoms with Crippen molar-refractivity contribution >= 4 is 0 Å². The fourth-order valence-electron chi connectivity index (χ4n) is 2.56. The van der Waals surface area contributed by atoms with Crippen molar-refractivity contribution < 1.29 is 4.74 Å². The number of benzene rings is 1. The highest BCUT2D eigenvalue weighted by Crippen LogP contribution is 2.33. The lowest BCUT2D eigenvalue weighted by Gasteiger charge is -2.17. The molecule has 1 aliphatic heterocycles. The lowest BCUT2D eigenvalue weighted by Crippen LogP contribution is -2.15. The third-order valence-electron chi connectivity index (χ3n) is 3.73. The average molecular weight is 219 g/mol. The Balaban J connectivity index is 2.32. The maximum atomic E-state index is 5.34. The maximum absolute atomic E-state index is 5.34. The molecule has 0 amide bonds. The highest BCUT2D eigenvalue weighted by molar-refractivity contribution is 5.45. The Bertz CT molecular complexity index is 387. The first-order valence-electron chi connectivity index (χ1n) is 6.01. The van der Waals surface area contributed by atoms with E-state index in [1.165, 1.54) is 23.1 Å². The van der Waals surface area contributed by atoms with E-state index in [9.17, 15) is 0 Å². The Hall–Kier alpha value is -1.02. The van der Waals surface area contributed by atoms with E-state index >= 15 is 0 Å². The van der Waals surface area contributed by atoms with Crippen LogP contribution in [0.5, 0.6) is 5.75 Å². The van der Waals surface area contributed by atoms with Gasteiger partial charge in [0.15, 0.2) is 0 Å². The lowest BCUT2D eigenvalue weighted by atomic mass is 9.94. The molecule has 0 spiro atoms. The maximum Gasteiger partial charge on any atom is 0.122 e. The van der Waals surface area contributed by atoms with Crippen LogP contribution in [0.3, 0.4) is 0 Å². The highest BCUT2D eigenvalue weighted by Gasteiger charge is 2.24. The van der Waals surface area contributed by atoms with Crippen LogP contribution in [0.4, 0.5) is 0 Å². The summed E-state index contributed by atoms with van der Waals surface area (Å²) in [4.78, 5) is 0. The zero-order valence-corrected chi connectivity index (χ0v) is 10.6. The number of hydrogen-bond acceptors (Lipinski definition) is 2. The van der Waals surface area contributed by atoms with Crippen LogP contribution < -0.4 is 10.1 Å². The number of ether oxygens (including phenoxy) is 1. The monoisotopic (exact) mass is 219 g/mol. The first-order valence-corrected chi connectivity index (χ1v) is 6.01. The molecular formula is C14H21NO. The van der Waals surface area contributed by atoms with Crippen molar-refractivity contribution in [1.82, 2.24) is 5.32 Å². The summed E-state index contributed by atoms with van der Waals surface area (Å²) in [6, 6.07) is 4.82. The van der Waals surface area contributed by atoms with Crippen LogP contribution in [0, 0.1) is 19.8 Å². The topological polar surface area (TPSA) is 21.3 Å². The molecule has 88 valence electrons. The minimum absolute atomic E-state index is 0.527. The van der Waals surface area contributed by atoms with Crippen molar-refractivity contribution in [3.05, 3.63) is 28.8 Å². The van der Waals surface area contributed by atoms with Gasteiger partial charge in [0.1, 0.15) is 5.75 Å². The van der Waals surface area contributed by atoms with Crippen LogP contribution in [0.2, 0.25) is 0 Å². The Kier molecular flexibility index (Phi) is 3.20. The van der Waals surface area contributed by atoms with Crippen LogP contribution in [0.1, 0.15) is 36.1 Å². The van der Waals surface area contributed by atoms with E-state index < -0.39 is 0 Å². The van der Waals surface area contributed by atoms with Crippen molar-refractivity contribution in [3.63, 3.8) is 0 Å². The summed E-state index contributed by atoms with van der Waals surface area (Å²) in [6.45, 7) is 7.77. The van der Waals surface area contributed by atoms with Gasteiger partial charge < -0.3 is 10.1 Å². The summed E-state index contributed by atoms with van der Waals surface area (Å²) < 4.78 is 5.34. The van der Waals surface area contributed by atoms with Gasteiger partial charge in [0.2, 0.25) is 0 Å². The van der Waals surface area contributed by atoms with Crippen LogP contribution in [0.25, 0.3) is 0 Å². The summed E-state index contributed by atoms with van der Waals surface area (Å²) in [5, 5.41) is 3.59. The molecule has 0 unspecified atom stereocenters. The predicted octanol–water partition coefficient (Wildman–Crippen LogP) is 2.98. The van der Waals surface area contributed by atoms with E-state index in [4.69, 9.17) is 4.74 Å². The SMILES string of the molecule is COc1ccc([C@@H]2C[C@@H](C)CN2)c(C)c1C. The Labute approximate surface area is 98.0 Å². The first-order chi connectivity index (χ1) is 7.63. The molecule has 2 rings (SSSR count). The number of rotatable bonds is 2. The molecule has 0 bridgehead atoms. The van der Waals surface area contributed by atoms with Gasteiger partial charge in [-0.25, -0.2) is 0 Å². The number of hydrogen-bond donors (Lipinski definition) is 1. The minimum Gasteiger partial charge on any atom is -0.496 e. The molecule has 16 heavy (non-hydrogen) atoms. The van der Waals surface area contributed by atoms with Crippen LogP contribution in [0.15, 0.2) is 12.1 Å². The fourth-order valence-corrected chi connectivity index (χ4v) is 2.56. The molecule has 2 heteroatoms. The van der Waals surface area contributed by atoms with Gasteiger partial charge in [0.25, 0.3) is 0 Å². The van der Waals surface area contributed by atoms with E-state index in [1.54, 1.807) is 7.11 Å². The van der Waals surface area contributed by atoms with E-state index in [-0.39, 0.29) is 0 Å². The van der Waals surface area contributed by atoms with Gasteiger partial charge in [-0.2, -0.15) is 0 Å². The quantitative estimate of drug-likeness (QED) is 0.825. The Morgan fingerprint density at radius 1 is 1.25 bits per heavy atom. The molecule has 1 N–H and O–H groups in total. The van der Waals surface area contributed by atoms with Crippen molar-refractivity contribution in [2.24, 2.45) is 5.92 Å². The second kappa shape index (κ2) is 4.46. The second-order valence-corrected chi connectivity index (χ2v) is 4.91. The summed E-state index contributed by atoms with van der Waals surface area (Å²) in [6.07, 6.45) is 1.24. The van der Waals surface area contributed by atoms with Gasteiger partial charge in [0.05, 0.1) is 7.11 Å². The lowest BCUT2D eigenvalue weighted by molar-refractivity contribution is 0.410. The van der Waals surface area contributed by atoms with Crippen LogP contribution >= 0.6 is 0 Å². The van der Waals surface area contributed by atoms with E-state index in [2.05, 4.69) is 38.2 Å². The van der Waals surface area contributed by atoms with E-state index in [0.29, 0.717) is 6.04 Å².